The van der Waals surface area contributed by atoms with Crippen LogP contribution in [0.15, 0.2) is 18.2 Å². The third kappa shape index (κ3) is 3.01. The fourth-order valence-electron chi connectivity index (χ4n) is 4.62. The number of hydrogen-bond acceptors (Lipinski definition) is 4. The maximum absolute atomic E-state index is 13.5. The van der Waals surface area contributed by atoms with E-state index in [0.717, 1.165) is 50.1 Å². The molecule has 4 nitrogen and oxygen atoms in total. The van der Waals surface area contributed by atoms with E-state index in [2.05, 4.69) is 10.2 Å². The summed E-state index contributed by atoms with van der Waals surface area (Å²) in [5.74, 6) is -2.84. The molecule has 0 bridgehead atoms. The SMILES string of the molecule is COC(=O)c1ccc(C2CC3(CCN2)CC(F)(F)C3)c(N2CCC2)c1. The van der Waals surface area contributed by atoms with Crippen molar-refractivity contribution in [1.29, 1.82) is 0 Å². The van der Waals surface area contributed by atoms with Gasteiger partial charge in [0.25, 0.3) is 0 Å². The first-order valence-electron chi connectivity index (χ1n) is 9.00. The van der Waals surface area contributed by atoms with Crippen molar-refractivity contribution in [2.45, 2.75) is 44.1 Å². The van der Waals surface area contributed by atoms with E-state index in [-0.39, 0.29) is 30.3 Å². The summed E-state index contributed by atoms with van der Waals surface area (Å²) in [6.07, 6.45) is 2.71. The number of carbonyl (C=O) groups excluding carboxylic acids is 1. The van der Waals surface area contributed by atoms with E-state index in [0.29, 0.717) is 5.56 Å². The molecule has 2 saturated heterocycles. The molecule has 1 aromatic rings. The van der Waals surface area contributed by atoms with E-state index in [1.54, 1.807) is 6.07 Å². The maximum atomic E-state index is 13.5. The number of hydrogen-bond donors (Lipinski definition) is 1. The van der Waals surface area contributed by atoms with Crippen LogP contribution >= 0.6 is 0 Å². The lowest BCUT2D eigenvalue weighted by Crippen LogP contribution is -2.52. The standard InChI is InChI=1S/C19H24F2N2O2/c1-25-17(24)13-3-4-14(16(9-13)23-7-2-8-23)15-10-18(5-6-22-15)11-19(20,21)12-18/h3-4,9,15,22H,2,5-8,10-12H2,1H3. The van der Waals surface area contributed by atoms with E-state index in [9.17, 15) is 13.6 Å². The van der Waals surface area contributed by atoms with Gasteiger partial charge in [0.15, 0.2) is 0 Å². The van der Waals surface area contributed by atoms with Gasteiger partial charge in [-0.25, -0.2) is 13.6 Å². The van der Waals surface area contributed by atoms with E-state index < -0.39 is 5.92 Å². The number of methoxy groups -OCH3 is 1. The molecule has 1 saturated carbocycles. The van der Waals surface area contributed by atoms with Crippen LogP contribution in [0.1, 0.15) is 54.1 Å². The van der Waals surface area contributed by atoms with Crippen molar-refractivity contribution in [2.24, 2.45) is 5.41 Å². The van der Waals surface area contributed by atoms with Crippen LogP contribution in [0.5, 0.6) is 0 Å². The number of carbonyl (C=O) groups is 1. The molecule has 2 aliphatic heterocycles. The van der Waals surface area contributed by atoms with E-state index in [4.69, 9.17) is 4.74 Å². The normalized spacial score (nSPS) is 26.7. The molecular weight excluding hydrogens is 326 g/mol. The summed E-state index contributed by atoms with van der Waals surface area (Å²) in [6, 6.07) is 5.70. The molecule has 1 aliphatic carbocycles. The third-order valence-electron chi connectivity index (χ3n) is 5.97. The Balaban J connectivity index is 1.61. The second-order valence-corrected chi connectivity index (χ2v) is 7.78. The monoisotopic (exact) mass is 350 g/mol. The molecule has 136 valence electrons. The summed E-state index contributed by atoms with van der Waals surface area (Å²) in [4.78, 5) is 14.1. The van der Waals surface area contributed by atoms with Gasteiger partial charge in [-0.3, -0.25) is 0 Å². The topological polar surface area (TPSA) is 41.6 Å². The molecule has 0 amide bonds. The Labute approximate surface area is 146 Å². The number of piperidine rings is 1. The Kier molecular flexibility index (Phi) is 3.98. The van der Waals surface area contributed by atoms with Gasteiger partial charge in [-0.2, -0.15) is 0 Å². The summed E-state index contributed by atoms with van der Waals surface area (Å²) < 4.78 is 31.8. The highest BCUT2D eigenvalue weighted by Gasteiger charge is 2.57. The van der Waals surface area contributed by atoms with Gasteiger partial charge in [0.1, 0.15) is 0 Å². The lowest BCUT2D eigenvalue weighted by atomic mass is 9.59. The number of benzene rings is 1. The van der Waals surface area contributed by atoms with Crippen LogP contribution < -0.4 is 10.2 Å². The van der Waals surface area contributed by atoms with Crippen LogP contribution in [0, 0.1) is 5.41 Å². The highest BCUT2D eigenvalue weighted by Crippen LogP contribution is 2.59. The summed E-state index contributed by atoms with van der Waals surface area (Å²) >= 11 is 0. The zero-order valence-corrected chi connectivity index (χ0v) is 14.5. The average molecular weight is 350 g/mol. The summed E-state index contributed by atoms with van der Waals surface area (Å²) in [5, 5.41) is 3.50. The summed E-state index contributed by atoms with van der Waals surface area (Å²) in [5.41, 5.74) is 2.46. The van der Waals surface area contributed by atoms with Crippen LogP contribution in [0.3, 0.4) is 0 Å². The Morgan fingerprint density at radius 1 is 1.32 bits per heavy atom. The number of nitrogens with zero attached hydrogens (tertiary/aromatic N) is 1. The van der Waals surface area contributed by atoms with Crippen LogP contribution in [0.25, 0.3) is 0 Å². The number of alkyl halides is 2. The van der Waals surface area contributed by atoms with Crippen molar-refractivity contribution in [3.8, 4) is 0 Å². The number of halogens is 2. The second-order valence-electron chi connectivity index (χ2n) is 7.78. The highest BCUT2D eigenvalue weighted by atomic mass is 19.3. The van der Waals surface area contributed by atoms with Gasteiger partial charge >= 0.3 is 5.97 Å². The van der Waals surface area contributed by atoms with Crippen LogP contribution in [0.4, 0.5) is 14.5 Å². The Morgan fingerprint density at radius 2 is 2.08 bits per heavy atom. The van der Waals surface area contributed by atoms with Gasteiger partial charge in [-0.15, -0.1) is 0 Å². The molecule has 2 heterocycles. The molecule has 1 atom stereocenters. The quantitative estimate of drug-likeness (QED) is 0.847. The van der Waals surface area contributed by atoms with E-state index in [1.807, 2.05) is 12.1 Å². The van der Waals surface area contributed by atoms with Crippen molar-refractivity contribution in [3.05, 3.63) is 29.3 Å². The van der Waals surface area contributed by atoms with Gasteiger partial charge in [0, 0.05) is 37.7 Å². The smallest absolute Gasteiger partial charge is 0.337 e. The van der Waals surface area contributed by atoms with E-state index in [1.165, 1.54) is 7.11 Å². The molecule has 0 radical (unpaired) electrons. The third-order valence-corrected chi connectivity index (χ3v) is 5.97. The van der Waals surface area contributed by atoms with Crippen LogP contribution in [0.2, 0.25) is 0 Å². The van der Waals surface area contributed by atoms with Crippen molar-refractivity contribution in [3.63, 3.8) is 0 Å². The number of anilines is 1. The van der Waals surface area contributed by atoms with Gasteiger partial charge in [0.05, 0.1) is 12.7 Å². The first-order valence-corrected chi connectivity index (χ1v) is 9.00. The van der Waals surface area contributed by atoms with Gasteiger partial charge in [-0.1, -0.05) is 6.07 Å². The minimum Gasteiger partial charge on any atom is -0.465 e. The van der Waals surface area contributed by atoms with Crippen LogP contribution in [-0.4, -0.2) is 38.6 Å². The Morgan fingerprint density at radius 3 is 2.68 bits per heavy atom. The van der Waals surface area contributed by atoms with Gasteiger partial charge in [0.2, 0.25) is 5.92 Å². The first kappa shape index (κ1) is 16.8. The van der Waals surface area contributed by atoms with Crippen molar-refractivity contribution >= 4 is 11.7 Å². The molecule has 25 heavy (non-hydrogen) atoms. The molecule has 6 heteroatoms. The minimum absolute atomic E-state index is 0.0114. The predicted molar refractivity (Wildman–Crippen MR) is 91.2 cm³/mol. The molecule has 1 aromatic carbocycles. The van der Waals surface area contributed by atoms with Crippen molar-refractivity contribution in [2.75, 3.05) is 31.6 Å². The largest absolute Gasteiger partial charge is 0.465 e. The van der Waals surface area contributed by atoms with E-state index >= 15 is 0 Å². The average Bonchev–Trinajstić information content (AvgIpc) is 2.50. The van der Waals surface area contributed by atoms with Crippen molar-refractivity contribution < 1.29 is 18.3 Å². The predicted octanol–water partition coefficient (Wildman–Crippen LogP) is 3.52. The molecule has 4 rings (SSSR count). The maximum Gasteiger partial charge on any atom is 0.337 e. The lowest BCUT2D eigenvalue weighted by Gasteiger charge is -2.52. The van der Waals surface area contributed by atoms with Gasteiger partial charge in [-0.05, 0) is 48.9 Å². The molecule has 3 fully saturated rings. The summed E-state index contributed by atoms with van der Waals surface area (Å²) in [6.45, 7) is 2.69. The molecule has 1 unspecified atom stereocenters. The number of nitrogens with one attached hydrogen (secondary N) is 1. The number of rotatable bonds is 3. The molecule has 3 aliphatic rings. The fraction of sp³-hybridized carbons (Fsp3) is 0.632. The molecule has 1 N–H and O–H groups in total. The molecular formula is C19H24F2N2O2. The molecule has 0 aromatic heterocycles. The lowest BCUT2D eigenvalue weighted by molar-refractivity contribution is -0.174. The second kappa shape index (κ2) is 5.94. The molecule has 1 spiro atoms. The highest BCUT2D eigenvalue weighted by molar-refractivity contribution is 5.91. The van der Waals surface area contributed by atoms with Crippen LogP contribution in [-0.2, 0) is 4.74 Å². The summed E-state index contributed by atoms with van der Waals surface area (Å²) in [7, 11) is 1.38. The van der Waals surface area contributed by atoms with Gasteiger partial charge < -0.3 is 15.0 Å². The number of ether oxygens (including phenoxy) is 1. The Hall–Kier alpha value is -1.69. The first-order chi connectivity index (χ1) is 11.9. The minimum atomic E-state index is -2.49. The fourth-order valence-corrected chi connectivity index (χ4v) is 4.62. The number of esters is 1. The zero-order chi connectivity index (χ0) is 17.7. The van der Waals surface area contributed by atoms with Crippen molar-refractivity contribution in [1.82, 2.24) is 5.32 Å². The Bertz CT molecular complexity index is 680. The zero-order valence-electron chi connectivity index (χ0n) is 14.5.